The zero-order valence-electron chi connectivity index (χ0n) is 22.2. The summed E-state index contributed by atoms with van der Waals surface area (Å²) in [7, 11) is 0. The van der Waals surface area contributed by atoms with Gasteiger partial charge in [0.1, 0.15) is 11.3 Å². The lowest BCUT2D eigenvalue weighted by molar-refractivity contribution is -0.139. The second-order valence-electron chi connectivity index (χ2n) is 9.23. The van der Waals surface area contributed by atoms with Gasteiger partial charge in [-0.3, -0.25) is 24.8 Å². The van der Waals surface area contributed by atoms with E-state index >= 15 is 0 Å². The number of carbonyl (C=O) groups is 3. The summed E-state index contributed by atoms with van der Waals surface area (Å²) in [5.41, 5.74) is 7.53. The zero-order chi connectivity index (χ0) is 28.2. The van der Waals surface area contributed by atoms with E-state index < -0.39 is 0 Å². The summed E-state index contributed by atoms with van der Waals surface area (Å²) in [5, 5.41) is 9.67. The number of H-pyrrole nitrogens is 1. The number of nitrogens with one attached hydrogen (secondary N) is 2. The molecule has 11 heteroatoms. The fourth-order valence-electron chi connectivity index (χ4n) is 4.40. The minimum atomic E-state index is -0.370. The molecular weight excluding hydrogens is 498 g/mol. The SMILES string of the molecule is C#C.Cc1cc2cc(N=C(N)NC(=O)c3cn[nH]c3)ccc2o1.O=C(CN1CCCCCC1=O)N1CCCC1. The van der Waals surface area contributed by atoms with Crippen LogP contribution in [-0.4, -0.2) is 69.9 Å². The number of nitrogens with zero attached hydrogens (tertiary/aromatic N) is 4. The van der Waals surface area contributed by atoms with E-state index in [0.29, 0.717) is 24.2 Å². The van der Waals surface area contributed by atoms with Crippen molar-refractivity contribution < 1.29 is 18.8 Å². The molecule has 0 radical (unpaired) electrons. The molecule has 0 unspecified atom stereocenters. The van der Waals surface area contributed by atoms with E-state index in [2.05, 4.69) is 33.4 Å². The highest BCUT2D eigenvalue weighted by molar-refractivity contribution is 6.05. The summed E-state index contributed by atoms with van der Waals surface area (Å²) in [6.07, 6.45) is 16.9. The normalized spacial score (nSPS) is 15.6. The van der Waals surface area contributed by atoms with Crippen LogP contribution in [0.4, 0.5) is 5.69 Å². The van der Waals surface area contributed by atoms with Crippen molar-refractivity contribution >= 4 is 40.3 Å². The molecule has 4 heterocycles. The summed E-state index contributed by atoms with van der Waals surface area (Å²) >= 11 is 0. The van der Waals surface area contributed by atoms with Crippen molar-refractivity contribution in [2.75, 3.05) is 26.2 Å². The average Bonchev–Trinajstić information content (AvgIpc) is 3.69. The molecule has 2 fully saturated rings. The highest BCUT2D eigenvalue weighted by Crippen LogP contribution is 2.24. The summed E-state index contributed by atoms with van der Waals surface area (Å²) in [4.78, 5) is 43.2. The Morgan fingerprint density at radius 2 is 1.87 bits per heavy atom. The van der Waals surface area contributed by atoms with Crippen molar-refractivity contribution in [3.63, 3.8) is 0 Å². The van der Waals surface area contributed by atoms with Crippen LogP contribution in [0.25, 0.3) is 11.0 Å². The predicted octanol–water partition coefficient (Wildman–Crippen LogP) is 3.10. The average molecular weight is 534 g/mol. The van der Waals surface area contributed by atoms with Crippen molar-refractivity contribution in [1.29, 1.82) is 0 Å². The number of likely N-dealkylation sites (tertiary alicyclic amines) is 2. The van der Waals surface area contributed by atoms with Gasteiger partial charge in [0.2, 0.25) is 17.8 Å². The van der Waals surface area contributed by atoms with Crippen molar-refractivity contribution in [1.82, 2.24) is 25.3 Å². The zero-order valence-corrected chi connectivity index (χ0v) is 22.2. The number of aliphatic imine (C=N–C) groups is 1. The molecule has 3 amide bonds. The molecule has 2 aromatic heterocycles. The highest BCUT2D eigenvalue weighted by Gasteiger charge is 2.23. The Hall–Kier alpha value is -4.59. The quantitative estimate of drug-likeness (QED) is 0.266. The molecule has 2 aliphatic rings. The number of amides is 3. The van der Waals surface area contributed by atoms with Crippen LogP contribution < -0.4 is 11.1 Å². The number of hydrogen-bond donors (Lipinski definition) is 3. The van der Waals surface area contributed by atoms with Gasteiger partial charge < -0.3 is 20.0 Å². The second kappa shape index (κ2) is 14.4. The Labute approximate surface area is 227 Å². The van der Waals surface area contributed by atoms with Crippen molar-refractivity contribution in [3.8, 4) is 12.8 Å². The number of rotatable bonds is 4. The van der Waals surface area contributed by atoms with E-state index in [-0.39, 0.29) is 23.7 Å². The lowest BCUT2D eigenvalue weighted by atomic mass is 10.2. The van der Waals surface area contributed by atoms with Crippen molar-refractivity contribution in [2.45, 2.75) is 45.4 Å². The number of furan rings is 1. The maximum atomic E-state index is 11.9. The monoisotopic (exact) mass is 533 g/mol. The van der Waals surface area contributed by atoms with Crippen LogP contribution in [-0.2, 0) is 9.59 Å². The van der Waals surface area contributed by atoms with Crippen LogP contribution in [0.1, 0.15) is 54.6 Å². The van der Waals surface area contributed by atoms with Gasteiger partial charge in [-0.15, -0.1) is 12.8 Å². The van der Waals surface area contributed by atoms with E-state index in [0.717, 1.165) is 68.5 Å². The number of hydrogen-bond acceptors (Lipinski definition) is 6. The van der Waals surface area contributed by atoms with Gasteiger partial charge >= 0.3 is 0 Å². The van der Waals surface area contributed by atoms with E-state index in [1.807, 2.05) is 30.0 Å². The van der Waals surface area contributed by atoms with Crippen molar-refractivity contribution in [2.24, 2.45) is 10.7 Å². The fourth-order valence-corrected chi connectivity index (χ4v) is 4.40. The molecule has 0 saturated carbocycles. The fraction of sp³-hybridized carbons (Fsp3) is 0.393. The van der Waals surface area contributed by atoms with Gasteiger partial charge in [-0.25, -0.2) is 4.99 Å². The summed E-state index contributed by atoms with van der Waals surface area (Å²) in [5.74, 6) is 0.760. The summed E-state index contributed by atoms with van der Waals surface area (Å²) in [6, 6.07) is 7.33. The van der Waals surface area contributed by atoms with Gasteiger partial charge in [0.05, 0.1) is 24.0 Å². The second-order valence-corrected chi connectivity index (χ2v) is 9.23. The van der Waals surface area contributed by atoms with Gasteiger partial charge in [0.15, 0.2) is 0 Å². The number of nitrogens with two attached hydrogens (primary N) is 1. The number of guanidine groups is 1. The largest absolute Gasteiger partial charge is 0.461 e. The number of terminal acetylenes is 1. The maximum Gasteiger partial charge on any atom is 0.261 e. The first-order chi connectivity index (χ1) is 18.9. The van der Waals surface area contributed by atoms with Crippen LogP contribution in [0.3, 0.4) is 0 Å². The van der Waals surface area contributed by atoms with E-state index in [1.165, 1.54) is 12.4 Å². The number of benzene rings is 1. The Kier molecular flexibility index (Phi) is 10.7. The van der Waals surface area contributed by atoms with Crippen LogP contribution in [0.5, 0.6) is 0 Å². The lowest BCUT2D eigenvalue weighted by Crippen LogP contribution is -2.41. The molecule has 0 aliphatic carbocycles. The first-order valence-corrected chi connectivity index (χ1v) is 12.9. The lowest BCUT2D eigenvalue weighted by Gasteiger charge is -2.23. The Balaban J connectivity index is 0.000000210. The Morgan fingerprint density at radius 3 is 2.59 bits per heavy atom. The molecule has 0 atom stereocenters. The summed E-state index contributed by atoms with van der Waals surface area (Å²) < 4.78 is 5.48. The minimum absolute atomic E-state index is 0.0146. The minimum Gasteiger partial charge on any atom is -0.461 e. The molecule has 2 aliphatic heterocycles. The first-order valence-electron chi connectivity index (χ1n) is 12.9. The molecular formula is C28H35N7O4. The third-order valence-corrected chi connectivity index (χ3v) is 6.33. The Morgan fingerprint density at radius 1 is 1.13 bits per heavy atom. The molecule has 206 valence electrons. The number of carbonyl (C=O) groups excluding carboxylic acids is 3. The number of fused-ring (bicyclic) bond motifs is 1. The van der Waals surface area contributed by atoms with Gasteiger partial charge in [0, 0.05) is 37.6 Å². The van der Waals surface area contributed by atoms with Crippen LogP contribution in [0.2, 0.25) is 0 Å². The van der Waals surface area contributed by atoms with Crippen LogP contribution in [0.15, 0.2) is 46.1 Å². The highest BCUT2D eigenvalue weighted by atomic mass is 16.3. The van der Waals surface area contributed by atoms with Gasteiger partial charge in [-0.05, 0) is 56.9 Å². The predicted molar refractivity (Wildman–Crippen MR) is 149 cm³/mol. The third-order valence-electron chi connectivity index (χ3n) is 6.33. The molecule has 11 nitrogen and oxygen atoms in total. The molecule has 4 N–H and O–H groups in total. The van der Waals surface area contributed by atoms with E-state index in [4.69, 9.17) is 10.2 Å². The van der Waals surface area contributed by atoms with Crippen LogP contribution in [0, 0.1) is 19.8 Å². The van der Waals surface area contributed by atoms with Gasteiger partial charge in [-0.1, -0.05) is 6.42 Å². The molecule has 5 rings (SSSR count). The third kappa shape index (κ3) is 8.46. The van der Waals surface area contributed by atoms with Crippen LogP contribution >= 0.6 is 0 Å². The smallest absolute Gasteiger partial charge is 0.261 e. The molecule has 2 saturated heterocycles. The van der Waals surface area contributed by atoms with Gasteiger partial charge in [-0.2, -0.15) is 5.10 Å². The summed E-state index contributed by atoms with van der Waals surface area (Å²) in [6.45, 7) is 4.70. The molecule has 3 aromatic rings. The van der Waals surface area contributed by atoms with Crippen molar-refractivity contribution in [3.05, 3.63) is 48.0 Å². The molecule has 0 bridgehead atoms. The van der Waals surface area contributed by atoms with E-state index in [1.54, 1.807) is 11.0 Å². The molecule has 1 aromatic carbocycles. The number of aromatic amines is 1. The maximum absolute atomic E-state index is 11.9. The Bertz CT molecular complexity index is 1300. The topological polar surface area (TPSA) is 150 Å². The van der Waals surface area contributed by atoms with Gasteiger partial charge in [0.25, 0.3) is 5.91 Å². The number of aromatic nitrogens is 2. The standard InChI is InChI=1S/C14H13N5O2.C12H20N2O2.C2H2/c1-8-4-9-5-11(2-3-12(9)21-8)18-14(15)19-13(20)10-6-16-17-7-10;15-11-6-2-1-3-9-14(11)10-12(16)13-7-4-5-8-13;1-2/h2-7H,1H3,(H,16,17)(H3,15,18,19,20);1-10H2;1-2H. The first kappa shape index (κ1) is 29.0. The molecule has 39 heavy (non-hydrogen) atoms. The van der Waals surface area contributed by atoms with E-state index in [9.17, 15) is 14.4 Å². The number of aryl methyl sites for hydroxylation is 1. The molecule has 0 spiro atoms.